The normalized spacial score (nSPS) is 34.5. The lowest BCUT2D eigenvalue weighted by molar-refractivity contribution is -0.155. The molecule has 6 rings (SSSR count). The van der Waals surface area contributed by atoms with Crippen LogP contribution in [0.1, 0.15) is 110 Å². The minimum Gasteiger partial charge on any atom is -0.508 e. The average molecular weight is 645 g/mol. The third-order valence-corrected chi connectivity index (χ3v) is 18.5. The van der Waals surface area contributed by atoms with E-state index in [1.54, 1.807) is 6.07 Å². The summed E-state index contributed by atoms with van der Waals surface area (Å²) in [6.45, 7) is 17.6. The number of benzene rings is 2. The van der Waals surface area contributed by atoms with Gasteiger partial charge in [0.1, 0.15) is 23.9 Å². The van der Waals surface area contributed by atoms with Crippen molar-refractivity contribution in [3.63, 3.8) is 0 Å². The molecule has 4 fully saturated rings. The van der Waals surface area contributed by atoms with Crippen molar-refractivity contribution in [2.24, 2.45) is 40.4 Å². The van der Waals surface area contributed by atoms with E-state index >= 15 is 0 Å². The van der Waals surface area contributed by atoms with Gasteiger partial charge in [-0.25, -0.2) is 0 Å². The standard InChI is InChI=1S/C41H60O4Si/c1-39(2,3)46(6,7)45-37-17-16-35-38-30(24-31-25-32(42)18-20-40(31,4)36(38)19-21-41(35,37)5)15-11-14-29-22-33(43)26-34(23-29)44-27-28-12-9-8-10-13-28/h8-10,12-13,22-23,26,30-31,35-38,43H,11,14-21,24-25,27H2,1-7H3/t30?,31?,35-,36+,37?,38-,40-,41-/m0/s1. The Hall–Kier alpha value is -2.11. The summed E-state index contributed by atoms with van der Waals surface area (Å²) in [5.74, 6) is 4.82. The van der Waals surface area contributed by atoms with Crippen LogP contribution in [-0.2, 0) is 22.2 Å². The Morgan fingerprint density at radius 3 is 2.41 bits per heavy atom. The third kappa shape index (κ3) is 6.49. The van der Waals surface area contributed by atoms with Gasteiger partial charge in [0.25, 0.3) is 0 Å². The van der Waals surface area contributed by atoms with Gasteiger partial charge in [-0.3, -0.25) is 4.79 Å². The van der Waals surface area contributed by atoms with Crippen molar-refractivity contribution in [3.8, 4) is 11.5 Å². The quantitative estimate of drug-likeness (QED) is 0.276. The number of ketones is 1. The molecule has 0 aliphatic heterocycles. The molecule has 0 amide bonds. The number of aromatic hydroxyl groups is 1. The van der Waals surface area contributed by atoms with Gasteiger partial charge >= 0.3 is 0 Å². The van der Waals surface area contributed by atoms with E-state index in [-0.39, 0.29) is 16.2 Å². The maximum absolute atomic E-state index is 12.8. The van der Waals surface area contributed by atoms with Crippen LogP contribution >= 0.6 is 0 Å². The number of phenolic OH excluding ortho intramolecular Hbond substituents is 1. The predicted molar refractivity (Wildman–Crippen MR) is 189 cm³/mol. The number of phenols is 1. The van der Waals surface area contributed by atoms with Crippen molar-refractivity contribution in [3.05, 3.63) is 59.7 Å². The van der Waals surface area contributed by atoms with E-state index in [9.17, 15) is 9.90 Å². The third-order valence-electron chi connectivity index (χ3n) is 14.1. The maximum Gasteiger partial charge on any atom is 0.192 e. The lowest BCUT2D eigenvalue weighted by Crippen LogP contribution is -2.58. The molecule has 2 aromatic rings. The van der Waals surface area contributed by atoms with Crippen LogP contribution in [0.4, 0.5) is 0 Å². The van der Waals surface area contributed by atoms with Gasteiger partial charge in [-0.2, -0.15) is 0 Å². The van der Waals surface area contributed by atoms with Gasteiger partial charge < -0.3 is 14.3 Å². The molecule has 3 unspecified atom stereocenters. The molecule has 0 spiro atoms. The van der Waals surface area contributed by atoms with Crippen LogP contribution in [-0.4, -0.2) is 25.3 Å². The van der Waals surface area contributed by atoms with Gasteiger partial charge in [0.15, 0.2) is 8.32 Å². The fourth-order valence-corrected chi connectivity index (χ4v) is 11.8. The highest BCUT2D eigenvalue weighted by atomic mass is 28.4. The lowest BCUT2D eigenvalue weighted by Gasteiger charge is -2.63. The molecule has 0 heterocycles. The fourth-order valence-electron chi connectivity index (χ4n) is 10.4. The Morgan fingerprint density at radius 1 is 0.935 bits per heavy atom. The Kier molecular flexibility index (Phi) is 9.35. The number of aryl methyl sites for hydroxylation is 1. The van der Waals surface area contributed by atoms with Crippen LogP contribution < -0.4 is 4.74 Å². The zero-order valence-corrected chi connectivity index (χ0v) is 30.7. The first-order valence-electron chi connectivity index (χ1n) is 18.4. The zero-order chi connectivity index (χ0) is 32.9. The summed E-state index contributed by atoms with van der Waals surface area (Å²) in [5.41, 5.74) is 2.81. The van der Waals surface area contributed by atoms with Gasteiger partial charge in [-0.15, -0.1) is 0 Å². The van der Waals surface area contributed by atoms with E-state index in [0.717, 1.165) is 54.9 Å². The molecule has 5 heteroatoms. The second-order valence-corrected chi connectivity index (χ2v) is 22.5. The summed E-state index contributed by atoms with van der Waals surface area (Å²) in [4.78, 5) is 12.8. The first-order valence-corrected chi connectivity index (χ1v) is 21.3. The number of ether oxygens (including phenoxy) is 1. The monoisotopic (exact) mass is 644 g/mol. The molecule has 46 heavy (non-hydrogen) atoms. The van der Waals surface area contributed by atoms with Gasteiger partial charge in [-0.05, 0) is 140 Å². The molecule has 252 valence electrons. The number of carbonyl (C=O) groups is 1. The van der Waals surface area contributed by atoms with Crippen LogP contribution in [0.5, 0.6) is 11.5 Å². The maximum atomic E-state index is 12.8. The van der Waals surface area contributed by atoms with E-state index < -0.39 is 8.32 Å². The van der Waals surface area contributed by atoms with Crippen molar-refractivity contribution < 1.29 is 19.1 Å². The van der Waals surface area contributed by atoms with Gasteiger partial charge in [0, 0.05) is 18.9 Å². The van der Waals surface area contributed by atoms with Crippen LogP contribution in [0.25, 0.3) is 0 Å². The molecule has 4 aliphatic carbocycles. The highest BCUT2D eigenvalue weighted by Gasteiger charge is 2.63. The number of hydrogen-bond acceptors (Lipinski definition) is 4. The van der Waals surface area contributed by atoms with Crippen LogP contribution in [0, 0.1) is 40.4 Å². The Morgan fingerprint density at radius 2 is 1.67 bits per heavy atom. The largest absolute Gasteiger partial charge is 0.508 e. The molecule has 4 nitrogen and oxygen atoms in total. The minimum atomic E-state index is -1.87. The molecule has 0 radical (unpaired) electrons. The molecular weight excluding hydrogens is 585 g/mol. The molecule has 0 aromatic heterocycles. The van der Waals surface area contributed by atoms with E-state index in [1.165, 1.54) is 38.5 Å². The molecule has 4 saturated carbocycles. The SMILES string of the molecule is CC(C)(C)[Si](C)(C)OC1CC[C@H]2[C@@H]3C(CCCc4cc(O)cc(OCc5ccccc5)c4)CC4CC(=O)CC[C@]4(C)[C@@H]3CC[C@]12C. The molecule has 0 bridgehead atoms. The van der Waals surface area contributed by atoms with E-state index in [0.29, 0.717) is 47.6 Å². The molecule has 4 aliphatic rings. The van der Waals surface area contributed by atoms with E-state index in [1.807, 2.05) is 24.3 Å². The average Bonchev–Trinajstić information content (AvgIpc) is 3.31. The fraction of sp³-hybridized carbons (Fsp3) is 0.683. The Bertz CT molecular complexity index is 1380. The zero-order valence-electron chi connectivity index (χ0n) is 29.7. The summed E-state index contributed by atoms with van der Waals surface area (Å²) in [5, 5.41) is 10.8. The van der Waals surface area contributed by atoms with Crippen molar-refractivity contribution >= 4 is 14.1 Å². The van der Waals surface area contributed by atoms with Crippen LogP contribution in [0.2, 0.25) is 18.1 Å². The van der Waals surface area contributed by atoms with Gasteiger partial charge in [0.2, 0.25) is 0 Å². The first kappa shape index (κ1) is 33.8. The summed E-state index contributed by atoms with van der Waals surface area (Å²) in [6, 6.07) is 15.9. The number of carbonyl (C=O) groups excluding carboxylic acids is 1. The number of Topliss-reactive ketones (excluding diaryl/α,β-unsaturated/α-hetero) is 1. The van der Waals surface area contributed by atoms with Crippen molar-refractivity contribution in [2.45, 2.75) is 136 Å². The van der Waals surface area contributed by atoms with Crippen molar-refractivity contribution in [1.29, 1.82) is 0 Å². The van der Waals surface area contributed by atoms with Gasteiger partial charge in [-0.1, -0.05) is 65.0 Å². The predicted octanol–water partition coefficient (Wildman–Crippen LogP) is 10.5. The summed E-state index contributed by atoms with van der Waals surface area (Å²) in [7, 11) is -1.87. The molecular formula is C41H60O4Si. The molecule has 8 atom stereocenters. The van der Waals surface area contributed by atoms with Gasteiger partial charge in [0.05, 0.1) is 6.10 Å². The minimum absolute atomic E-state index is 0.222. The first-order chi connectivity index (χ1) is 21.7. The second kappa shape index (κ2) is 12.7. The highest BCUT2D eigenvalue weighted by Crippen LogP contribution is 2.68. The molecule has 0 saturated heterocycles. The topological polar surface area (TPSA) is 55.8 Å². The van der Waals surface area contributed by atoms with E-state index in [4.69, 9.17) is 9.16 Å². The molecule has 1 N–H and O–H groups in total. The number of hydrogen-bond donors (Lipinski definition) is 1. The summed E-state index contributed by atoms with van der Waals surface area (Å²) in [6.07, 6.45) is 12.5. The van der Waals surface area contributed by atoms with Crippen LogP contribution in [0.15, 0.2) is 48.5 Å². The Labute approximate surface area is 280 Å². The summed E-state index contributed by atoms with van der Waals surface area (Å²) < 4.78 is 13.3. The Balaban J connectivity index is 1.19. The van der Waals surface area contributed by atoms with Crippen molar-refractivity contribution in [2.75, 3.05) is 0 Å². The smallest absolute Gasteiger partial charge is 0.192 e. The van der Waals surface area contributed by atoms with Crippen molar-refractivity contribution in [1.82, 2.24) is 0 Å². The molecule has 2 aromatic carbocycles. The number of rotatable bonds is 9. The number of fused-ring (bicyclic) bond motifs is 5. The highest BCUT2D eigenvalue weighted by molar-refractivity contribution is 6.74. The van der Waals surface area contributed by atoms with Crippen LogP contribution in [0.3, 0.4) is 0 Å². The van der Waals surface area contributed by atoms with E-state index in [2.05, 4.69) is 65.9 Å². The summed E-state index contributed by atoms with van der Waals surface area (Å²) >= 11 is 0. The second-order valence-electron chi connectivity index (χ2n) is 17.7. The lowest BCUT2D eigenvalue weighted by atomic mass is 9.42.